The first-order valence-electron chi connectivity index (χ1n) is 5.42. The first-order chi connectivity index (χ1) is 8.63. The average Bonchev–Trinajstić information content (AvgIpc) is 2.46. The number of Topliss-reactive ketones (excluding diaryl/α,β-unsaturated/α-hetero) is 1. The first-order valence-corrected chi connectivity index (χ1v) is 5.80. The molecule has 1 aliphatic heterocycles. The summed E-state index contributed by atoms with van der Waals surface area (Å²) in [6, 6.07) is 9.03. The molecule has 2 aromatic carbocycles. The minimum atomic E-state index is -0.449. The number of carbonyl (C=O) groups is 1. The molecule has 1 heterocycles. The Hall–Kier alpha value is -1.87. The molecule has 18 heavy (non-hydrogen) atoms. The second-order valence-corrected chi connectivity index (χ2v) is 4.53. The number of ether oxygens (including phenoxy) is 1. The number of hydrogen-bond donors (Lipinski definition) is 0. The lowest BCUT2D eigenvalue weighted by molar-refractivity contribution is 0.0993. The summed E-state index contributed by atoms with van der Waals surface area (Å²) in [7, 11) is 0. The lowest BCUT2D eigenvalue weighted by Crippen LogP contribution is -2.02. The van der Waals surface area contributed by atoms with E-state index >= 15 is 0 Å². The third-order valence-corrected chi connectivity index (χ3v) is 3.08. The summed E-state index contributed by atoms with van der Waals surface area (Å²) in [5.41, 5.74) is 1.02. The van der Waals surface area contributed by atoms with Gasteiger partial charge in [0.25, 0.3) is 0 Å². The monoisotopic (exact) mass is 262 g/mol. The molecular weight excluding hydrogens is 255 g/mol. The van der Waals surface area contributed by atoms with Gasteiger partial charge in [-0.2, -0.15) is 0 Å². The van der Waals surface area contributed by atoms with Gasteiger partial charge in [-0.25, -0.2) is 4.39 Å². The van der Waals surface area contributed by atoms with Crippen molar-refractivity contribution in [3.05, 3.63) is 58.4 Å². The number of halogens is 2. The van der Waals surface area contributed by atoms with Crippen LogP contribution >= 0.6 is 11.6 Å². The molecule has 0 fully saturated rings. The third kappa shape index (κ3) is 1.87. The summed E-state index contributed by atoms with van der Waals surface area (Å²) < 4.78 is 18.8. The van der Waals surface area contributed by atoms with Crippen LogP contribution < -0.4 is 4.74 Å². The van der Waals surface area contributed by atoms with Gasteiger partial charge in [-0.1, -0.05) is 17.7 Å². The summed E-state index contributed by atoms with van der Waals surface area (Å²) >= 11 is 5.89. The molecule has 2 aromatic rings. The SMILES string of the molecule is O=C1Cc2ccc(Cl)cc2Oc2ccc(F)cc21. The zero-order valence-electron chi connectivity index (χ0n) is 9.24. The van der Waals surface area contributed by atoms with Crippen molar-refractivity contribution < 1.29 is 13.9 Å². The van der Waals surface area contributed by atoms with E-state index in [4.69, 9.17) is 16.3 Å². The first kappa shape index (κ1) is 11.2. The molecule has 0 amide bonds. The van der Waals surface area contributed by atoms with Gasteiger partial charge in [0.15, 0.2) is 5.78 Å². The highest BCUT2D eigenvalue weighted by Crippen LogP contribution is 2.35. The minimum absolute atomic E-state index is 0.162. The Morgan fingerprint density at radius 1 is 1.11 bits per heavy atom. The predicted octanol–water partition coefficient (Wildman–Crippen LogP) is 4.01. The van der Waals surface area contributed by atoms with E-state index in [2.05, 4.69) is 0 Å². The van der Waals surface area contributed by atoms with Gasteiger partial charge in [-0.05, 0) is 30.3 Å². The second kappa shape index (κ2) is 4.10. The van der Waals surface area contributed by atoms with Crippen LogP contribution in [0.5, 0.6) is 11.5 Å². The molecule has 0 aliphatic carbocycles. The number of carbonyl (C=O) groups excluding carboxylic acids is 1. The molecule has 2 nitrogen and oxygen atoms in total. The molecule has 0 spiro atoms. The number of hydrogen-bond acceptors (Lipinski definition) is 2. The van der Waals surface area contributed by atoms with Gasteiger partial charge in [-0.15, -0.1) is 0 Å². The third-order valence-electron chi connectivity index (χ3n) is 2.84. The van der Waals surface area contributed by atoms with Crippen LogP contribution in [0.4, 0.5) is 4.39 Å². The number of rotatable bonds is 0. The fraction of sp³-hybridized carbons (Fsp3) is 0.0714. The molecule has 0 bridgehead atoms. The minimum Gasteiger partial charge on any atom is -0.456 e. The van der Waals surface area contributed by atoms with E-state index in [1.54, 1.807) is 18.2 Å². The van der Waals surface area contributed by atoms with E-state index in [9.17, 15) is 9.18 Å². The molecule has 1 aliphatic rings. The van der Waals surface area contributed by atoms with E-state index in [-0.39, 0.29) is 17.8 Å². The van der Waals surface area contributed by atoms with Crippen LogP contribution in [-0.4, -0.2) is 5.78 Å². The van der Waals surface area contributed by atoms with Crippen LogP contribution in [0, 0.1) is 5.82 Å². The summed E-state index contributed by atoms with van der Waals surface area (Å²) in [6.07, 6.45) is 0.183. The zero-order valence-corrected chi connectivity index (χ0v) is 10.00. The lowest BCUT2D eigenvalue weighted by atomic mass is 10.0. The van der Waals surface area contributed by atoms with Gasteiger partial charge in [0, 0.05) is 17.0 Å². The summed E-state index contributed by atoms with van der Waals surface area (Å²) in [4.78, 5) is 12.0. The van der Waals surface area contributed by atoms with E-state index in [1.807, 2.05) is 0 Å². The second-order valence-electron chi connectivity index (χ2n) is 4.09. The number of ketones is 1. The molecule has 3 rings (SSSR count). The fourth-order valence-corrected chi connectivity index (χ4v) is 2.13. The van der Waals surface area contributed by atoms with Crippen molar-refractivity contribution in [2.45, 2.75) is 6.42 Å². The van der Waals surface area contributed by atoms with Crippen LogP contribution in [0.25, 0.3) is 0 Å². The molecular formula is C14H8ClFO2. The highest BCUT2D eigenvalue weighted by molar-refractivity contribution is 6.30. The Balaban J connectivity index is 2.17. The maximum absolute atomic E-state index is 13.2. The molecule has 0 atom stereocenters. The van der Waals surface area contributed by atoms with Crippen molar-refractivity contribution in [3.63, 3.8) is 0 Å². The van der Waals surface area contributed by atoms with Gasteiger partial charge in [0.1, 0.15) is 17.3 Å². The van der Waals surface area contributed by atoms with E-state index in [0.29, 0.717) is 16.5 Å². The smallest absolute Gasteiger partial charge is 0.171 e. The molecule has 90 valence electrons. The van der Waals surface area contributed by atoms with Crippen molar-refractivity contribution >= 4 is 17.4 Å². The molecule has 0 N–H and O–H groups in total. The standard InChI is InChI=1S/C14H8ClFO2/c15-9-2-1-8-5-12(17)11-7-10(16)3-4-13(11)18-14(8)6-9/h1-4,6-7H,5H2. The van der Waals surface area contributed by atoms with Crippen LogP contribution in [0.15, 0.2) is 36.4 Å². The maximum Gasteiger partial charge on any atom is 0.171 e. The van der Waals surface area contributed by atoms with Crippen LogP contribution in [0.1, 0.15) is 15.9 Å². The van der Waals surface area contributed by atoms with Crippen LogP contribution in [-0.2, 0) is 6.42 Å². The Kier molecular flexibility index (Phi) is 2.56. The van der Waals surface area contributed by atoms with Crippen LogP contribution in [0.3, 0.4) is 0 Å². The quantitative estimate of drug-likeness (QED) is 0.717. The molecule has 0 aromatic heterocycles. The zero-order chi connectivity index (χ0) is 12.7. The van der Waals surface area contributed by atoms with Crippen molar-refractivity contribution in [1.29, 1.82) is 0 Å². The molecule has 0 saturated heterocycles. The van der Waals surface area contributed by atoms with E-state index in [0.717, 1.165) is 5.56 Å². The summed E-state index contributed by atoms with van der Waals surface area (Å²) in [5.74, 6) is 0.295. The van der Waals surface area contributed by atoms with Gasteiger partial charge < -0.3 is 4.74 Å². The Labute approximate surface area is 108 Å². The maximum atomic E-state index is 13.2. The predicted molar refractivity (Wildman–Crippen MR) is 66.0 cm³/mol. The highest BCUT2D eigenvalue weighted by Gasteiger charge is 2.21. The average molecular weight is 263 g/mol. The van der Waals surface area contributed by atoms with Gasteiger partial charge >= 0.3 is 0 Å². The Morgan fingerprint density at radius 3 is 2.78 bits per heavy atom. The van der Waals surface area contributed by atoms with Gasteiger partial charge in [0.05, 0.1) is 5.56 Å². The molecule has 4 heteroatoms. The molecule has 0 radical (unpaired) electrons. The number of benzene rings is 2. The molecule has 0 saturated carbocycles. The van der Waals surface area contributed by atoms with Crippen molar-refractivity contribution in [2.24, 2.45) is 0 Å². The normalized spacial score (nSPS) is 13.3. The largest absolute Gasteiger partial charge is 0.456 e. The Morgan fingerprint density at radius 2 is 1.94 bits per heavy atom. The molecule has 0 unspecified atom stereocenters. The fourth-order valence-electron chi connectivity index (χ4n) is 1.97. The van der Waals surface area contributed by atoms with Crippen LogP contribution in [0.2, 0.25) is 5.02 Å². The topological polar surface area (TPSA) is 26.3 Å². The van der Waals surface area contributed by atoms with E-state index < -0.39 is 5.82 Å². The lowest BCUT2D eigenvalue weighted by Gasteiger charge is -2.08. The van der Waals surface area contributed by atoms with Gasteiger partial charge in [0.2, 0.25) is 0 Å². The summed E-state index contributed by atoms with van der Waals surface area (Å²) in [6.45, 7) is 0. The number of fused-ring (bicyclic) bond motifs is 2. The Bertz CT molecular complexity index is 652. The van der Waals surface area contributed by atoms with E-state index in [1.165, 1.54) is 18.2 Å². The summed E-state index contributed by atoms with van der Waals surface area (Å²) in [5, 5.41) is 0.534. The highest BCUT2D eigenvalue weighted by atomic mass is 35.5. The van der Waals surface area contributed by atoms with Crippen molar-refractivity contribution in [2.75, 3.05) is 0 Å². The van der Waals surface area contributed by atoms with Crippen molar-refractivity contribution in [1.82, 2.24) is 0 Å². The van der Waals surface area contributed by atoms with Gasteiger partial charge in [-0.3, -0.25) is 4.79 Å². The van der Waals surface area contributed by atoms with Crippen molar-refractivity contribution in [3.8, 4) is 11.5 Å².